The SMILES string of the molecule is CCOc1cc(C=CCc2ccc(C)cc2)ccc1O. The molecular weight excluding hydrogens is 248 g/mol. The Morgan fingerprint density at radius 2 is 1.85 bits per heavy atom. The largest absolute Gasteiger partial charge is 0.504 e. The van der Waals surface area contributed by atoms with Crippen LogP contribution in [-0.2, 0) is 6.42 Å². The van der Waals surface area contributed by atoms with Crippen molar-refractivity contribution in [2.75, 3.05) is 6.61 Å². The van der Waals surface area contributed by atoms with E-state index >= 15 is 0 Å². The number of phenolic OH excluding ortho intramolecular Hbond substituents is 1. The highest BCUT2D eigenvalue weighted by atomic mass is 16.5. The fraction of sp³-hybridized carbons (Fsp3) is 0.222. The van der Waals surface area contributed by atoms with Gasteiger partial charge in [0.1, 0.15) is 0 Å². The summed E-state index contributed by atoms with van der Waals surface area (Å²) in [4.78, 5) is 0. The predicted molar refractivity (Wildman–Crippen MR) is 83.2 cm³/mol. The summed E-state index contributed by atoms with van der Waals surface area (Å²) in [6, 6.07) is 13.9. The quantitative estimate of drug-likeness (QED) is 0.873. The minimum absolute atomic E-state index is 0.183. The van der Waals surface area contributed by atoms with Crippen molar-refractivity contribution in [2.45, 2.75) is 20.3 Å². The first-order chi connectivity index (χ1) is 9.69. The zero-order chi connectivity index (χ0) is 14.4. The van der Waals surface area contributed by atoms with Gasteiger partial charge in [-0.1, -0.05) is 48.0 Å². The van der Waals surface area contributed by atoms with E-state index in [9.17, 15) is 5.11 Å². The van der Waals surface area contributed by atoms with E-state index in [1.807, 2.05) is 25.1 Å². The van der Waals surface area contributed by atoms with Crippen molar-refractivity contribution in [1.82, 2.24) is 0 Å². The molecule has 0 saturated heterocycles. The second-order valence-corrected chi connectivity index (χ2v) is 4.75. The second kappa shape index (κ2) is 6.80. The molecule has 1 N–H and O–H groups in total. The number of ether oxygens (including phenoxy) is 1. The lowest BCUT2D eigenvalue weighted by molar-refractivity contribution is 0.318. The maximum Gasteiger partial charge on any atom is 0.161 e. The molecule has 0 aliphatic carbocycles. The molecule has 104 valence electrons. The van der Waals surface area contributed by atoms with Crippen molar-refractivity contribution >= 4 is 6.08 Å². The van der Waals surface area contributed by atoms with Crippen LogP contribution < -0.4 is 4.74 Å². The van der Waals surface area contributed by atoms with E-state index in [2.05, 4.69) is 37.3 Å². The summed E-state index contributed by atoms with van der Waals surface area (Å²) >= 11 is 0. The van der Waals surface area contributed by atoms with Gasteiger partial charge in [-0.25, -0.2) is 0 Å². The third-order valence-electron chi connectivity index (χ3n) is 3.07. The summed E-state index contributed by atoms with van der Waals surface area (Å²) in [6.45, 7) is 4.54. The second-order valence-electron chi connectivity index (χ2n) is 4.75. The molecule has 0 bridgehead atoms. The molecule has 0 radical (unpaired) electrons. The maximum atomic E-state index is 9.65. The van der Waals surface area contributed by atoms with Crippen LogP contribution in [0.5, 0.6) is 11.5 Å². The molecule has 2 heteroatoms. The summed E-state index contributed by atoms with van der Waals surface area (Å²) in [5, 5.41) is 9.65. The third kappa shape index (κ3) is 3.89. The van der Waals surface area contributed by atoms with Crippen LogP contribution in [0, 0.1) is 6.92 Å². The van der Waals surface area contributed by atoms with Gasteiger partial charge in [0, 0.05) is 0 Å². The van der Waals surface area contributed by atoms with Gasteiger partial charge >= 0.3 is 0 Å². The van der Waals surface area contributed by atoms with Crippen molar-refractivity contribution in [2.24, 2.45) is 0 Å². The van der Waals surface area contributed by atoms with E-state index in [-0.39, 0.29) is 5.75 Å². The summed E-state index contributed by atoms with van der Waals surface area (Å²) in [7, 11) is 0. The Bertz CT molecular complexity index is 583. The molecule has 2 nitrogen and oxygen atoms in total. The lowest BCUT2D eigenvalue weighted by Gasteiger charge is -2.06. The molecule has 2 rings (SSSR count). The minimum Gasteiger partial charge on any atom is -0.504 e. The molecule has 2 aromatic carbocycles. The van der Waals surface area contributed by atoms with Gasteiger partial charge in [0.25, 0.3) is 0 Å². The van der Waals surface area contributed by atoms with Crippen molar-refractivity contribution in [3.8, 4) is 11.5 Å². The minimum atomic E-state index is 0.183. The van der Waals surface area contributed by atoms with Crippen LogP contribution in [0.4, 0.5) is 0 Å². The molecule has 0 aliphatic rings. The summed E-state index contributed by atoms with van der Waals surface area (Å²) < 4.78 is 5.37. The van der Waals surface area contributed by atoms with Crippen molar-refractivity contribution in [3.05, 3.63) is 65.2 Å². The van der Waals surface area contributed by atoms with Crippen molar-refractivity contribution in [3.63, 3.8) is 0 Å². The average molecular weight is 268 g/mol. The van der Waals surface area contributed by atoms with Gasteiger partial charge in [-0.3, -0.25) is 0 Å². The van der Waals surface area contributed by atoms with Crippen molar-refractivity contribution < 1.29 is 9.84 Å². The number of phenols is 1. The molecule has 2 aromatic rings. The molecule has 0 spiro atoms. The van der Waals surface area contributed by atoms with Crippen LogP contribution in [0.25, 0.3) is 6.08 Å². The Kier molecular flexibility index (Phi) is 4.83. The zero-order valence-electron chi connectivity index (χ0n) is 12.0. The Labute approximate surface area is 120 Å². The summed E-state index contributed by atoms with van der Waals surface area (Å²) in [5.41, 5.74) is 3.59. The number of benzene rings is 2. The molecule has 0 amide bonds. The van der Waals surface area contributed by atoms with Crippen LogP contribution in [0.2, 0.25) is 0 Å². The topological polar surface area (TPSA) is 29.5 Å². The first-order valence-corrected chi connectivity index (χ1v) is 6.87. The lowest BCUT2D eigenvalue weighted by atomic mass is 10.1. The van der Waals surface area contributed by atoms with E-state index in [4.69, 9.17) is 4.74 Å². The molecule has 0 atom stereocenters. The first-order valence-electron chi connectivity index (χ1n) is 6.87. The van der Waals surface area contributed by atoms with Crippen molar-refractivity contribution in [1.29, 1.82) is 0 Å². The highest BCUT2D eigenvalue weighted by Crippen LogP contribution is 2.27. The van der Waals surface area contributed by atoms with Crippen LogP contribution in [-0.4, -0.2) is 11.7 Å². The standard InChI is InChI=1S/C18H20O2/c1-3-20-18-13-16(11-12-17(18)19)6-4-5-15-9-7-14(2)8-10-15/h4,6-13,19H,3,5H2,1-2H3. The fourth-order valence-corrected chi connectivity index (χ4v) is 1.96. The number of hydrogen-bond acceptors (Lipinski definition) is 2. The molecule has 0 unspecified atom stereocenters. The van der Waals surface area contributed by atoms with E-state index in [0.717, 1.165) is 12.0 Å². The van der Waals surface area contributed by atoms with Gasteiger partial charge in [0.2, 0.25) is 0 Å². The monoisotopic (exact) mass is 268 g/mol. The number of hydrogen-bond donors (Lipinski definition) is 1. The Hall–Kier alpha value is -2.22. The van der Waals surface area contributed by atoms with Crippen LogP contribution in [0.3, 0.4) is 0 Å². The predicted octanol–water partition coefficient (Wildman–Crippen LogP) is 4.36. The van der Waals surface area contributed by atoms with Crippen LogP contribution in [0.1, 0.15) is 23.6 Å². The van der Waals surface area contributed by atoms with Gasteiger partial charge in [-0.15, -0.1) is 0 Å². The van der Waals surface area contributed by atoms with E-state index in [1.165, 1.54) is 11.1 Å². The van der Waals surface area contributed by atoms with Crippen LogP contribution >= 0.6 is 0 Å². The zero-order valence-corrected chi connectivity index (χ0v) is 12.0. The highest BCUT2D eigenvalue weighted by molar-refractivity contribution is 5.55. The van der Waals surface area contributed by atoms with Gasteiger partial charge in [-0.05, 0) is 43.5 Å². The Morgan fingerprint density at radius 3 is 2.55 bits per heavy atom. The molecular formula is C18H20O2. The molecule has 0 heterocycles. The number of allylic oxidation sites excluding steroid dienone is 1. The number of rotatable bonds is 5. The number of aryl methyl sites for hydroxylation is 1. The molecule has 0 aromatic heterocycles. The van der Waals surface area contributed by atoms with Gasteiger partial charge in [-0.2, -0.15) is 0 Å². The fourth-order valence-electron chi connectivity index (χ4n) is 1.96. The maximum absolute atomic E-state index is 9.65. The first kappa shape index (κ1) is 14.2. The molecule has 0 saturated carbocycles. The Balaban J connectivity index is 2.03. The van der Waals surface area contributed by atoms with E-state index < -0.39 is 0 Å². The molecule has 0 fully saturated rings. The Morgan fingerprint density at radius 1 is 1.10 bits per heavy atom. The average Bonchev–Trinajstić information content (AvgIpc) is 2.45. The number of aromatic hydroxyl groups is 1. The smallest absolute Gasteiger partial charge is 0.161 e. The van der Waals surface area contributed by atoms with Gasteiger partial charge in [0.05, 0.1) is 6.61 Å². The van der Waals surface area contributed by atoms with Crippen LogP contribution in [0.15, 0.2) is 48.5 Å². The highest BCUT2D eigenvalue weighted by Gasteiger charge is 2.01. The van der Waals surface area contributed by atoms with Gasteiger partial charge < -0.3 is 9.84 Å². The normalized spacial score (nSPS) is 10.9. The molecule has 0 aliphatic heterocycles. The van der Waals surface area contributed by atoms with E-state index in [1.54, 1.807) is 6.07 Å². The molecule has 20 heavy (non-hydrogen) atoms. The third-order valence-corrected chi connectivity index (χ3v) is 3.07. The van der Waals surface area contributed by atoms with Gasteiger partial charge in [0.15, 0.2) is 11.5 Å². The van der Waals surface area contributed by atoms with E-state index in [0.29, 0.717) is 12.4 Å². The summed E-state index contributed by atoms with van der Waals surface area (Å²) in [5.74, 6) is 0.715. The summed E-state index contributed by atoms with van der Waals surface area (Å²) in [6.07, 6.45) is 5.06. The lowest BCUT2D eigenvalue weighted by Crippen LogP contribution is -1.92.